The van der Waals surface area contributed by atoms with Gasteiger partial charge in [-0.2, -0.15) is 0 Å². The number of tetrazole rings is 1. The first-order valence-electron chi connectivity index (χ1n) is 9.71. The first kappa shape index (κ1) is 21.4. The van der Waals surface area contributed by atoms with Crippen LogP contribution in [0.1, 0.15) is 17.9 Å². The highest BCUT2D eigenvalue weighted by atomic mass is 16.5. The van der Waals surface area contributed by atoms with Crippen LogP contribution in [0.2, 0.25) is 0 Å². The maximum atomic E-state index is 12.7. The van der Waals surface area contributed by atoms with Crippen LogP contribution in [-0.4, -0.2) is 45.2 Å². The smallest absolute Gasteiger partial charge is 0.341 e. The third kappa shape index (κ3) is 4.31. The van der Waals surface area contributed by atoms with Crippen molar-refractivity contribution in [3.05, 3.63) is 53.5 Å². The molecule has 4 rings (SSSR count). The van der Waals surface area contributed by atoms with E-state index in [1.165, 1.54) is 4.52 Å². The number of fused-ring (bicyclic) bond motifs is 2. The van der Waals surface area contributed by atoms with Crippen LogP contribution < -0.4 is 10.5 Å². The molecule has 3 heterocycles. The Hall–Kier alpha value is -4.83. The van der Waals surface area contributed by atoms with Gasteiger partial charge >= 0.3 is 11.9 Å². The van der Waals surface area contributed by atoms with E-state index in [9.17, 15) is 9.59 Å². The number of aromatic nitrogens is 4. The lowest BCUT2D eigenvalue weighted by molar-refractivity contribution is -0.142. The molecule has 0 aliphatic carbocycles. The van der Waals surface area contributed by atoms with Crippen molar-refractivity contribution in [1.29, 1.82) is 0 Å². The fraction of sp³-hybridized carbons (Fsp3) is 0.174. The molecule has 10 nitrogen and oxygen atoms in total. The Kier molecular flexibility index (Phi) is 5.92. The highest BCUT2D eigenvalue weighted by molar-refractivity contribution is 5.93. The number of benzene rings is 1. The van der Waals surface area contributed by atoms with E-state index < -0.39 is 17.9 Å². The van der Waals surface area contributed by atoms with Crippen molar-refractivity contribution in [2.75, 3.05) is 13.2 Å². The predicted octanol–water partition coefficient (Wildman–Crippen LogP) is 1.18. The summed E-state index contributed by atoms with van der Waals surface area (Å²) in [5, 5.41) is 11.4. The zero-order valence-electron chi connectivity index (χ0n) is 17.2. The zero-order chi connectivity index (χ0) is 23.4. The van der Waals surface area contributed by atoms with Crippen molar-refractivity contribution in [2.24, 2.45) is 5.73 Å². The van der Waals surface area contributed by atoms with Gasteiger partial charge in [0.2, 0.25) is 5.88 Å². The van der Waals surface area contributed by atoms with Crippen LogP contribution >= 0.6 is 0 Å². The number of nitrogens with zero attached hydrogens (tertiary/aromatic N) is 4. The lowest BCUT2D eigenvalue weighted by Gasteiger charge is -2.28. The lowest BCUT2D eigenvalue weighted by Crippen LogP contribution is -2.28. The Morgan fingerprint density at radius 3 is 2.67 bits per heavy atom. The summed E-state index contributed by atoms with van der Waals surface area (Å²) in [5.41, 5.74) is 8.70. The first-order chi connectivity index (χ1) is 16.0. The van der Waals surface area contributed by atoms with Gasteiger partial charge in [-0.3, -0.25) is 4.79 Å². The SMILES string of the molecule is C#CCOC(=O)CC1C(C(=O)OCC#C)=C(N)Oc2ccc(-c3ccn4nnnc4c3)cc21. The molecule has 0 amide bonds. The van der Waals surface area contributed by atoms with Crippen LogP contribution in [0.4, 0.5) is 0 Å². The summed E-state index contributed by atoms with van der Waals surface area (Å²) in [6.07, 6.45) is 11.9. The Balaban J connectivity index is 1.76. The summed E-state index contributed by atoms with van der Waals surface area (Å²) in [5.74, 6) is 2.47. The highest BCUT2D eigenvalue weighted by Crippen LogP contribution is 2.42. The van der Waals surface area contributed by atoms with Gasteiger partial charge in [0.25, 0.3) is 0 Å². The number of carbonyl (C=O) groups is 2. The van der Waals surface area contributed by atoms with Crippen LogP contribution in [-0.2, 0) is 19.1 Å². The quantitative estimate of drug-likeness (QED) is 0.441. The average Bonchev–Trinajstić information content (AvgIpc) is 3.29. The van der Waals surface area contributed by atoms with Crippen molar-refractivity contribution >= 4 is 17.6 Å². The van der Waals surface area contributed by atoms with Crippen LogP contribution in [0.5, 0.6) is 5.75 Å². The number of rotatable bonds is 6. The van der Waals surface area contributed by atoms with E-state index in [4.69, 9.17) is 32.8 Å². The van der Waals surface area contributed by atoms with E-state index in [2.05, 4.69) is 27.4 Å². The fourth-order valence-corrected chi connectivity index (χ4v) is 3.50. The van der Waals surface area contributed by atoms with E-state index in [-0.39, 0.29) is 31.1 Å². The molecule has 0 saturated carbocycles. The van der Waals surface area contributed by atoms with Crippen molar-refractivity contribution < 1.29 is 23.8 Å². The average molecular weight is 443 g/mol. The number of nitrogens with two attached hydrogens (primary N) is 1. The van der Waals surface area contributed by atoms with Crippen LogP contribution in [0.15, 0.2) is 48.0 Å². The fourth-order valence-electron chi connectivity index (χ4n) is 3.50. The molecule has 10 heteroatoms. The molecule has 2 aromatic heterocycles. The van der Waals surface area contributed by atoms with Crippen molar-refractivity contribution in [3.63, 3.8) is 0 Å². The zero-order valence-corrected chi connectivity index (χ0v) is 17.2. The van der Waals surface area contributed by atoms with E-state index in [1.54, 1.807) is 24.4 Å². The monoisotopic (exact) mass is 443 g/mol. The number of hydrogen-bond donors (Lipinski definition) is 1. The normalized spacial score (nSPS) is 14.5. The Bertz CT molecular complexity index is 1360. The van der Waals surface area contributed by atoms with Gasteiger partial charge in [-0.05, 0) is 45.8 Å². The highest BCUT2D eigenvalue weighted by Gasteiger charge is 2.36. The minimum atomic E-state index is -0.803. The predicted molar refractivity (Wildman–Crippen MR) is 115 cm³/mol. The number of esters is 2. The third-order valence-corrected chi connectivity index (χ3v) is 4.94. The molecule has 0 fully saturated rings. The molecule has 1 aliphatic rings. The number of pyridine rings is 1. The number of terminal acetylenes is 2. The molecule has 1 unspecified atom stereocenters. The van der Waals surface area contributed by atoms with Crippen LogP contribution in [0.3, 0.4) is 0 Å². The van der Waals surface area contributed by atoms with E-state index in [0.717, 1.165) is 11.1 Å². The number of ether oxygens (including phenoxy) is 3. The van der Waals surface area contributed by atoms with Gasteiger partial charge in [-0.15, -0.1) is 17.9 Å². The Labute approximate surface area is 188 Å². The molecule has 164 valence electrons. The van der Waals surface area contributed by atoms with Crippen molar-refractivity contribution in [2.45, 2.75) is 12.3 Å². The summed E-state index contributed by atoms with van der Waals surface area (Å²) < 4.78 is 17.3. The van der Waals surface area contributed by atoms with Gasteiger partial charge in [0, 0.05) is 17.7 Å². The van der Waals surface area contributed by atoms with E-state index in [0.29, 0.717) is 17.0 Å². The minimum absolute atomic E-state index is 0.0235. The lowest BCUT2D eigenvalue weighted by atomic mass is 9.84. The molecule has 2 N–H and O–H groups in total. The molecular formula is C23H17N5O5. The van der Waals surface area contributed by atoms with Gasteiger partial charge in [0.05, 0.1) is 6.42 Å². The van der Waals surface area contributed by atoms with Crippen LogP contribution in [0, 0.1) is 24.7 Å². The summed E-state index contributed by atoms with van der Waals surface area (Å²) in [6, 6.07) is 8.94. The second-order valence-electron chi connectivity index (χ2n) is 6.93. The minimum Gasteiger partial charge on any atom is -0.452 e. The molecule has 0 saturated heterocycles. The molecule has 1 aromatic carbocycles. The van der Waals surface area contributed by atoms with Gasteiger partial charge < -0.3 is 19.9 Å². The molecule has 3 aromatic rings. The topological polar surface area (TPSA) is 131 Å². The molecule has 0 bridgehead atoms. The molecular weight excluding hydrogens is 426 g/mol. The van der Waals surface area contributed by atoms with Gasteiger partial charge in [-0.1, -0.05) is 17.9 Å². The second-order valence-corrected chi connectivity index (χ2v) is 6.93. The second kappa shape index (κ2) is 9.12. The summed E-state index contributed by atoms with van der Waals surface area (Å²) in [6.45, 7) is -0.458. The van der Waals surface area contributed by atoms with Crippen molar-refractivity contribution in [3.8, 4) is 41.6 Å². The first-order valence-corrected chi connectivity index (χ1v) is 9.71. The number of hydrogen-bond acceptors (Lipinski definition) is 9. The van der Waals surface area contributed by atoms with Gasteiger partial charge in [0.15, 0.2) is 18.9 Å². The molecule has 1 aliphatic heterocycles. The molecule has 33 heavy (non-hydrogen) atoms. The Morgan fingerprint density at radius 2 is 1.88 bits per heavy atom. The van der Waals surface area contributed by atoms with Gasteiger partial charge in [-0.25, -0.2) is 9.31 Å². The maximum absolute atomic E-state index is 12.7. The number of carbonyl (C=O) groups excluding carboxylic acids is 2. The standard InChI is InChI=1S/C23H17N5O5/c1-3-9-31-20(29)13-17-16-11-14(15-7-8-28-19(12-15)25-26-27-28)5-6-18(16)33-22(24)21(17)23(30)32-10-4-2/h1-2,5-8,11-12,17H,9-10,13,24H2. The van der Waals surface area contributed by atoms with Crippen LogP contribution in [0.25, 0.3) is 16.8 Å². The summed E-state index contributed by atoms with van der Waals surface area (Å²) in [7, 11) is 0. The van der Waals surface area contributed by atoms with E-state index in [1.807, 2.05) is 12.1 Å². The molecule has 0 spiro atoms. The third-order valence-electron chi connectivity index (χ3n) is 4.94. The maximum Gasteiger partial charge on any atom is 0.341 e. The molecule has 0 radical (unpaired) electrons. The Morgan fingerprint density at radius 1 is 1.12 bits per heavy atom. The summed E-state index contributed by atoms with van der Waals surface area (Å²) >= 11 is 0. The van der Waals surface area contributed by atoms with Crippen molar-refractivity contribution in [1.82, 2.24) is 20.0 Å². The molecule has 1 atom stereocenters. The largest absolute Gasteiger partial charge is 0.452 e. The van der Waals surface area contributed by atoms with Gasteiger partial charge in [0.1, 0.15) is 11.3 Å². The van der Waals surface area contributed by atoms with E-state index >= 15 is 0 Å². The summed E-state index contributed by atoms with van der Waals surface area (Å²) in [4.78, 5) is 25.1.